The molecule has 0 radical (unpaired) electrons. The van der Waals surface area contributed by atoms with Crippen molar-refractivity contribution in [1.29, 1.82) is 0 Å². The third-order valence-corrected chi connectivity index (χ3v) is 3.87. The van der Waals surface area contributed by atoms with E-state index in [0.29, 0.717) is 0 Å². The number of carbonyl (C=O) groups excluding carboxylic acids is 2. The maximum absolute atomic E-state index is 12.7. The Bertz CT molecular complexity index is 820. The van der Waals surface area contributed by atoms with E-state index >= 15 is 0 Å². The number of aromatic nitrogens is 1. The molecule has 1 aromatic carbocycles. The van der Waals surface area contributed by atoms with Gasteiger partial charge in [0.15, 0.2) is 0 Å². The van der Waals surface area contributed by atoms with E-state index in [9.17, 15) is 9.59 Å². The SMILES string of the molecule is Cc1cccc(C(C)C)c1NC(=O)c1cccc(C(=O)NC(C)(C)C)n1. The lowest BCUT2D eigenvalue weighted by Crippen LogP contribution is -2.41. The second-order valence-electron chi connectivity index (χ2n) is 7.76. The summed E-state index contributed by atoms with van der Waals surface area (Å²) in [6.07, 6.45) is 0. The summed E-state index contributed by atoms with van der Waals surface area (Å²) in [5.41, 5.74) is 2.93. The Kier molecular flexibility index (Phi) is 5.80. The van der Waals surface area contributed by atoms with Crippen LogP contribution in [0.5, 0.6) is 0 Å². The van der Waals surface area contributed by atoms with Crippen LogP contribution >= 0.6 is 0 Å². The van der Waals surface area contributed by atoms with Crippen LogP contribution in [0, 0.1) is 6.92 Å². The first-order valence-electron chi connectivity index (χ1n) is 8.79. The van der Waals surface area contributed by atoms with E-state index in [-0.39, 0.29) is 34.7 Å². The lowest BCUT2D eigenvalue weighted by atomic mass is 9.98. The van der Waals surface area contributed by atoms with E-state index < -0.39 is 0 Å². The zero-order valence-electron chi connectivity index (χ0n) is 16.3. The van der Waals surface area contributed by atoms with Gasteiger partial charge in [-0.1, -0.05) is 38.1 Å². The zero-order chi connectivity index (χ0) is 19.5. The summed E-state index contributed by atoms with van der Waals surface area (Å²) in [6, 6.07) is 10.8. The Morgan fingerprint density at radius 3 is 2.12 bits per heavy atom. The molecule has 2 N–H and O–H groups in total. The second kappa shape index (κ2) is 7.68. The summed E-state index contributed by atoms with van der Waals surface area (Å²) in [5.74, 6) is -0.348. The fraction of sp³-hybridized carbons (Fsp3) is 0.381. The minimum Gasteiger partial charge on any atom is -0.346 e. The molecule has 138 valence electrons. The minimum absolute atomic E-state index is 0.213. The van der Waals surface area contributed by atoms with Gasteiger partial charge in [-0.15, -0.1) is 0 Å². The number of anilines is 1. The third kappa shape index (κ3) is 4.91. The Labute approximate surface area is 155 Å². The Morgan fingerprint density at radius 1 is 0.962 bits per heavy atom. The van der Waals surface area contributed by atoms with Gasteiger partial charge in [0.25, 0.3) is 11.8 Å². The Morgan fingerprint density at radius 2 is 1.54 bits per heavy atom. The van der Waals surface area contributed by atoms with Crippen molar-refractivity contribution in [2.45, 2.75) is 53.0 Å². The standard InChI is InChI=1S/C21H27N3O2/c1-13(2)15-10-7-9-14(3)18(15)23-19(25)16-11-8-12-17(22-16)20(26)24-21(4,5)6/h7-13H,1-6H3,(H,23,25)(H,24,26). The molecular formula is C21H27N3O2. The summed E-state index contributed by atoms with van der Waals surface area (Å²) < 4.78 is 0. The van der Waals surface area contributed by atoms with Gasteiger partial charge in [-0.25, -0.2) is 4.98 Å². The molecule has 0 saturated carbocycles. The summed E-state index contributed by atoms with van der Waals surface area (Å²) in [4.78, 5) is 29.2. The number of nitrogens with one attached hydrogen (secondary N) is 2. The van der Waals surface area contributed by atoms with Crippen LogP contribution in [0.4, 0.5) is 5.69 Å². The molecule has 2 rings (SSSR count). The van der Waals surface area contributed by atoms with Crippen molar-refractivity contribution in [2.75, 3.05) is 5.32 Å². The number of para-hydroxylation sites is 1. The highest BCUT2D eigenvalue weighted by atomic mass is 16.2. The van der Waals surface area contributed by atoms with Crippen LogP contribution < -0.4 is 10.6 Å². The second-order valence-corrected chi connectivity index (χ2v) is 7.76. The third-order valence-electron chi connectivity index (χ3n) is 3.87. The number of benzene rings is 1. The van der Waals surface area contributed by atoms with E-state index in [4.69, 9.17) is 0 Å². The minimum atomic E-state index is -0.371. The zero-order valence-corrected chi connectivity index (χ0v) is 16.3. The monoisotopic (exact) mass is 353 g/mol. The summed E-state index contributed by atoms with van der Waals surface area (Å²) in [5, 5.41) is 5.81. The number of nitrogens with zero attached hydrogens (tertiary/aromatic N) is 1. The lowest BCUT2D eigenvalue weighted by molar-refractivity contribution is 0.0914. The number of rotatable bonds is 4. The quantitative estimate of drug-likeness (QED) is 0.861. The molecule has 0 unspecified atom stereocenters. The van der Waals surface area contributed by atoms with Gasteiger partial charge in [0.2, 0.25) is 0 Å². The lowest BCUT2D eigenvalue weighted by Gasteiger charge is -2.20. The molecule has 0 spiro atoms. The molecule has 2 aromatic rings. The number of amides is 2. The molecule has 0 bridgehead atoms. The van der Waals surface area contributed by atoms with Crippen LogP contribution in [-0.2, 0) is 0 Å². The Balaban J connectivity index is 2.27. The average Bonchev–Trinajstić information content (AvgIpc) is 2.55. The molecule has 0 saturated heterocycles. The van der Waals surface area contributed by atoms with E-state index in [0.717, 1.165) is 16.8 Å². The molecule has 0 aliphatic heterocycles. The largest absolute Gasteiger partial charge is 0.346 e. The van der Waals surface area contributed by atoms with Crippen molar-refractivity contribution >= 4 is 17.5 Å². The van der Waals surface area contributed by atoms with E-state index in [1.165, 1.54) is 0 Å². The summed E-state index contributed by atoms with van der Waals surface area (Å²) >= 11 is 0. The van der Waals surface area contributed by atoms with E-state index in [1.807, 2.05) is 45.9 Å². The van der Waals surface area contributed by atoms with Crippen LogP contribution in [0.3, 0.4) is 0 Å². The van der Waals surface area contributed by atoms with Gasteiger partial charge in [-0.2, -0.15) is 0 Å². The van der Waals surface area contributed by atoms with Crippen LogP contribution in [0.25, 0.3) is 0 Å². The van der Waals surface area contributed by atoms with E-state index in [1.54, 1.807) is 18.2 Å². The first kappa shape index (κ1) is 19.6. The summed E-state index contributed by atoms with van der Waals surface area (Å²) in [7, 11) is 0. The van der Waals surface area contributed by atoms with Crippen molar-refractivity contribution in [3.63, 3.8) is 0 Å². The molecule has 0 aliphatic carbocycles. The van der Waals surface area contributed by atoms with Crippen molar-refractivity contribution in [2.24, 2.45) is 0 Å². The molecule has 0 atom stereocenters. The molecule has 5 nitrogen and oxygen atoms in total. The van der Waals surface area contributed by atoms with Gasteiger partial charge in [-0.3, -0.25) is 9.59 Å². The molecule has 5 heteroatoms. The molecule has 1 heterocycles. The smallest absolute Gasteiger partial charge is 0.274 e. The van der Waals surface area contributed by atoms with Crippen LogP contribution in [0.15, 0.2) is 36.4 Å². The number of carbonyl (C=O) groups is 2. The van der Waals surface area contributed by atoms with Crippen LogP contribution in [-0.4, -0.2) is 22.3 Å². The fourth-order valence-corrected chi connectivity index (χ4v) is 2.61. The van der Waals surface area contributed by atoms with Gasteiger partial charge in [-0.05, 0) is 56.9 Å². The van der Waals surface area contributed by atoms with Gasteiger partial charge < -0.3 is 10.6 Å². The van der Waals surface area contributed by atoms with Crippen molar-refractivity contribution in [3.05, 3.63) is 58.9 Å². The molecule has 2 amide bonds. The molecular weight excluding hydrogens is 326 g/mol. The average molecular weight is 353 g/mol. The van der Waals surface area contributed by atoms with Gasteiger partial charge >= 0.3 is 0 Å². The number of hydrogen-bond donors (Lipinski definition) is 2. The van der Waals surface area contributed by atoms with Crippen molar-refractivity contribution in [1.82, 2.24) is 10.3 Å². The normalized spacial score (nSPS) is 11.3. The van der Waals surface area contributed by atoms with Gasteiger partial charge in [0.1, 0.15) is 11.4 Å². The van der Waals surface area contributed by atoms with Crippen LogP contribution in [0.1, 0.15) is 72.6 Å². The van der Waals surface area contributed by atoms with Gasteiger partial charge in [0.05, 0.1) is 0 Å². The highest BCUT2D eigenvalue weighted by molar-refractivity contribution is 6.04. The fourth-order valence-electron chi connectivity index (χ4n) is 2.61. The first-order chi connectivity index (χ1) is 12.1. The predicted octanol–water partition coefficient (Wildman–Crippen LogP) is 4.29. The maximum Gasteiger partial charge on any atom is 0.274 e. The number of hydrogen-bond acceptors (Lipinski definition) is 3. The number of aryl methyl sites for hydroxylation is 1. The Hall–Kier alpha value is -2.69. The summed E-state index contributed by atoms with van der Waals surface area (Å²) in [6.45, 7) is 11.8. The molecule has 0 aliphatic rings. The highest BCUT2D eigenvalue weighted by Crippen LogP contribution is 2.27. The number of pyridine rings is 1. The first-order valence-corrected chi connectivity index (χ1v) is 8.79. The van der Waals surface area contributed by atoms with Crippen molar-refractivity contribution in [3.8, 4) is 0 Å². The predicted molar refractivity (Wildman–Crippen MR) is 105 cm³/mol. The van der Waals surface area contributed by atoms with Gasteiger partial charge in [0, 0.05) is 11.2 Å². The van der Waals surface area contributed by atoms with Crippen molar-refractivity contribution < 1.29 is 9.59 Å². The molecule has 26 heavy (non-hydrogen) atoms. The molecule has 1 aromatic heterocycles. The molecule has 0 fully saturated rings. The highest BCUT2D eigenvalue weighted by Gasteiger charge is 2.19. The van der Waals surface area contributed by atoms with Crippen LogP contribution in [0.2, 0.25) is 0 Å². The van der Waals surface area contributed by atoms with E-state index in [2.05, 4.69) is 29.5 Å². The maximum atomic E-state index is 12.7. The topological polar surface area (TPSA) is 71.1 Å².